The number of anilines is 1. The molecule has 0 aliphatic carbocycles. The largest absolute Gasteiger partial charge is 0.385 e. The Labute approximate surface area is 82.6 Å². The van der Waals surface area contributed by atoms with E-state index in [1.807, 2.05) is 32.0 Å². The molecule has 0 aliphatic rings. The second kappa shape index (κ2) is 4.46. The number of fused-ring (bicyclic) bond motifs is 1. The number of pyridine rings is 1. The number of hydrogen-bond donors (Lipinski definition) is 2. The molecule has 14 heavy (non-hydrogen) atoms. The van der Waals surface area contributed by atoms with Crippen LogP contribution in [-0.2, 0) is 0 Å². The molecule has 1 aromatic carbocycles. The lowest BCUT2D eigenvalue weighted by atomic mass is 10.2. The van der Waals surface area contributed by atoms with Crippen LogP contribution in [0.4, 0.5) is 5.82 Å². The first-order chi connectivity index (χ1) is 6.77. The van der Waals surface area contributed by atoms with Crippen LogP contribution in [0, 0.1) is 0 Å². The van der Waals surface area contributed by atoms with Crippen molar-refractivity contribution in [2.75, 3.05) is 5.73 Å². The fourth-order valence-corrected chi connectivity index (χ4v) is 1.22. The molecule has 3 heteroatoms. The summed E-state index contributed by atoms with van der Waals surface area (Å²) in [5.74, 6) is 0.402. The van der Waals surface area contributed by atoms with E-state index < -0.39 is 0 Å². The molecule has 0 saturated heterocycles. The predicted octanol–water partition coefficient (Wildman–Crippen LogP) is 2.14. The zero-order valence-electron chi connectivity index (χ0n) is 8.37. The number of H-pyrrole nitrogens is 1. The molecular weight excluding hydrogens is 176 g/mol. The molecule has 1 aromatic heterocycles. The minimum absolute atomic E-state index is 0.0400. The second-order valence-electron chi connectivity index (χ2n) is 2.63. The highest BCUT2D eigenvalue weighted by Gasteiger charge is 1.96. The maximum absolute atomic E-state index is 11.3. The molecule has 0 saturated carbocycles. The smallest absolute Gasteiger partial charge is 0.191 e. The maximum Gasteiger partial charge on any atom is 0.191 e. The second-order valence-corrected chi connectivity index (χ2v) is 2.63. The molecule has 0 amide bonds. The summed E-state index contributed by atoms with van der Waals surface area (Å²) >= 11 is 0. The van der Waals surface area contributed by atoms with E-state index in [-0.39, 0.29) is 5.43 Å². The molecule has 1 heterocycles. The van der Waals surface area contributed by atoms with Crippen molar-refractivity contribution in [3.63, 3.8) is 0 Å². The molecule has 0 spiro atoms. The van der Waals surface area contributed by atoms with Crippen molar-refractivity contribution >= 4 is 16.7 Å². The Hall–Kier alpha value is -1.77. The summed E-state index contributed by atoms with van der Waals surface area (Å²) in [4.78, 5) is 14.2. The third-order valence-corrected chi connectivity index (χ3v) is 1.76. The minimum atomic E-state index is -0.0400. The van der Waals surface area contributed by atoms with Crippen LogP contribution in [0.25, 0.3) is 10.9 Å². The first kappa shape index (κ1) is 10.3. The molecular formula is C11H14N2O. The first-order valence-corrected chi connectivity index (χ1v) is 4.65. The van der Waals surface area contributed by atoms with Gasteiger partial charge in [0, 0.05) is 11.5 Å². The zero-order valence-corrected chi connectivity index (χ0v) is 8.37. The highest BCUT2D eigenvalue weighted by Crippen LogP contribution is 2.07. The Morgan fingerprint density at radius 1 is 1.21 bits per heavy atom. The summed E-state index contributed by atoms with van der Waals surface area (Å²) in [5, 5.41) is 0.673. The molecule has 2 rings (SSSR count). The van der Waals surface area contributed by atoms with Crippen molar-refractivity contribution in [3.8, 4) is 0 Å². The third-order valence-electron chi connectivity index (χ3n) is 1.76. The zero-order chi connectivity index (χ0) is 10.6. The molecule has 0 fully saturated rings. The van der Waals surface area contributed by atoms with E-state index >= 15 is 0 Å². The Balaban J connectivity index is 0.000000461. The van der Waals surface area contributed by atoms with Crippen molar-refractivity contribution in [1.82, 2.24) is 4.98 Å². The van der Waals surface area contributed by atoms with E-state index in [1.165, 1.54) is 6.07 Å². The Morgan fingerprint density at radius 2 is 1.86 bits per heavy atom. The van der Waals surface area contributed by atoms with Crippen LogP contribution in [0.15, 0.2) is 35.1 Å². The summed E-state index contributed by atoms with van der Waals surface area (Å²) < 4.78 is 0. The van der Waals surface area contributed by atoms with Crippen molar-refractivity contribution in [1.29, 1.82) is 0 Å². The number of nitrogen functional groups attached to an aromatic ring is 1. The third kappa shape index (κ3) is 1.93. The molecule has 0 aliphatic heterocycles. The van der Waals surface area contributed by atoms with E-state index in [0.29, 0.717) is 11.2 Å². The first-order valence-electron chi connectivity index (χ1n) is 4.65. The summed E-state index contributed by atoms with van der Waals surface area (Å²) in [6.45, 7) is 4.00. The topological polar surface area (TPSA) is 58.9 Å². The number of hydrogen-bond acceptors (Lipinski definition) is 2. The van der Waals surface area contributed by atoms with Crippen LogP contribution in [0.2, 0.25) is 0 Å². The van der Waals surface area contributed by atoms with Crippen LogP contribution < -0.4 is 11.2 Å². The van der Waals surface area contributed by atoms with E-state index in [1.54, 1.807) is 6.07 Å². The van der Waals surface area contributed by atoms with Gasteiger partial charge in [0.05, 0.1) is 5.52 Å². The molecule has 0 unspecified atom stereocenters. The van der Waals surface area contributed by atoms with Crippen LogP contribution in [-0.4, -0.2) is 4.98 Å². The molecule has 0 atom stereocenters. The van der Waals surface area contributed by atoms with Crippen LogP contribution in [0.3, 0.4) is 0 Å². The predicted molar refractivity (Wildman–Crippen MR) is 60.3 cm³/mol. The van der Waals surface area contributed by atoms with Crippen LogP contribution in [0.5, 0.6) is 0 Å². The van der Waals surface area contributed by atoms with Gasteiger partial charge in [0.2, 0.25) is 0 Å². The van der Waals surface area contributed by atoms with Crippen molar-refractivity contribution in [2.45, 2.75) is 13.8 Å². The van der Waals surface area contributed by atoms with Gasteiger partial charge in [-0.2, -0.15) is 0 Å². The molecule has 2 aromatic rings. The average Bonchev–Trinajstić information content (AvgIpc) is 2.20. The normalized spacial score (nSPS) is 9.29. The fraction of sp³-hybridized carbons (Fsp3) is 0.182. The van der Waals surface area contributed by atoms with Gasteiger partial charge < -0.3 is 10.7 Å². The minimum Gasteiger partial charge on any atom is -0.385 e. The fourth-order valence-electron chi connectivity index (χ4n) is 1.22. The van der Waals surface area contributed by atoms with Gasteiger partial charge in [-0.15, -0.1) is 0 Å². The lowest BCUT2D eigenvalue weighted by Crippen LogP contribution is -2.04. The Morgan fingerprint density at radius 3 is 2.57 bits per heavy atom. The Bertz CT molecular complexity index is 474. The summed E-state index contributed by atoms with van der Waals surface area (Å²) in [7, 11) is 0. The van der Waals surface area contributed by atoms with Gasteiger partial charge in [-0.3, -0.25) is 4.79 Å². The number of rotatable bonds is 0. The summed E-state index contributed by atoms with van der Waals surface area (Å²) in [6.07, 6.45) is 0. The molecule has 74 valence electrons. The SMILES string of the molecule is CC.Nc1cc(=O)c2ccccc2[nH]1. The van der Waals surface area contributed by atoms with Gasteiger partial charge in [-0.05, 0) is 12.1 Å². The van der Waals surface area contributed by atoms with Crippen molar-refractivity contribution in [2.24, 2.45) is 0 Å². The number of benzene rings is 1. The quantitative estimate of drug-likeness (QED) is 0.668. The maximum atomic E-state index is 11.3. The van der Waals surface area contributed by atoms with Gasteiger partial charge in [-0.1, -0.05) is 26.0 Å². The highest BCUT2D eigenvalue weighted by molar-refractivity contribution is 5.79. The number of nitrogens with one attached hydrogen (secondary N) is 1. The van der Waals surface area contributed by atoms with E-state index in [4.69, 9.17) is 5.73 Å². The van der Waals surface area contributed by atoms with Crippen LogP contribution >= 0.6 is 0 Å². The van der Waals surface area contributed by atoms with Crippen LogP contribution in [0.1, 0.15) is 13.8 Å². The number of nitrogens with two attached hydrogens (primary N) is 1. The van der Waals surface area contributed by atoms with Crippen molar-refractivity contribution < 1.29 is 0 Å². The van der Waals surface area contributed by atoms with Gasteiger partial charge in [0.25, 0.3) is 0 Å². The average molecular weight is 190 g/mol. The van der Waals surface area contributed by atoms with E-state index in [0.717, 1.165) is 5.52 Å². The molecule has 0 bridgehead atoms. The van der Waals surface area contributed by atoms with E-state index in [2.05, 4.69) is 4.98 Å². The van der Waals surface area contributed by atoms with Gasteiger partial charge in [0.15, 0.2) is 5.43 Å². The van der Waals surface area contributed by atoms with Gasteiger partial charge >= 0.3 is 0 Å². The molecule has 3 nitrogen and oxygen atoms in total. The van der Waals surface area contributed by atoms with Crippen molar-refractivity contribution in [3.05, 3.63) is 40.6 Å². The lowest BCUT2D eigenvalue weighted by Gasteiger charge is -1.97. The lowest BCUT2D eigenvalue weighted by molar-refractivity contribution is 1.39. The Kier molecular flexibility index (Phi) is 3.29. The number of aromatic amines is 1. The summed E-state index contributed by atoms with van der Waals surface area (Å²) in [6, 6.07) is 8.68. The molecule has 0 radical (unpaired) electrons. The monoisotopic (exact) mass is 190 g/mol. The van der Waals surface area contributed by atoms with E-state index in [9.17, 15) is 4.79 Å². The number of aromatic nitrogens is 1. The van der Waals surface area contributed by atoms with Gasteiger partial charge in [0.1, 0.15) is 5.82 Å². The molecule has 3 N–H and O–H groups in total. The standard InChI is InChI=1S/C9H8N2O.C2H6/c10-9-5-8(12)6-3-1-2-4-7(6)11-9;1-2/h1-5H,(H3,10,11,12);1-2H3. The van der Waals surface area contributed by atoms with Gasteiger partial charge in [-0.25, -0.2) is 0 Å². The highest BCUT2D eigenvalue weighted by atomic mass is 16.1. The summed E-state index contributed by atoms with van der Waals surface area (Å²) in [5.41, 5.74) is 6.21. The number of para-hydroxylation sites is 1.